The molecule has 4 rings (SSSR count). The molecular formula is C23H25F2N3O3. The molecule has 1 aliphatic carbocycles. The molecule has 1 atom stereocenters. The molecule has 1 unspecified atom stereocenters. The minimum atomic E-state index is -1.32. The Morgan fingerprint density at radius 2 is 2.03 bits per heavy atom. The lowest BCUT2D eigenvalue weighted by Crippen LogP contribution is -2.29. The third-order valence-corrected chi connectivity index (χ3v) is 5.25. The van der Waals surface area contributed by atoms with Gasteiger partial charge in [-0.25, -0.2) is 13.8 Å². The van der Waals surface area contributed by atoms with Crippen LogP contribution in [0.2, 0.25) is 0 Å². The Bertz CT molecular complexity index is 1130. The number of hydrogen-bond donors (Lipinski definition) is 2. The molecule has 0 radical (unpaired) electrons. The van der Waals surface area contributed by atoms with E-state index in [-0.39, 0.29) is 17.5 Å². The van der Waals surface area contributed by atoms with Crippen LogP contribution in [-0.4, -0.2) is 27.7 Å². The fraction of sp³-hybridized carbons (Fsp3) is 0.435. The largest absolute Gasteiger partial charge is 0.386 e. The molecule has 0 spiro atoms. The van der Waals surface area contributed by atoms with Crippen molar-refractivity contribution in [2.75, 3.05) is 6.54 Å². The van der Waals surface area contributed by atoms with Crippen LogP contribution in [-0.2, 0) is 6.42 Å². The van der Waals surface area contributed by atoms with Crippen molar-refractivity contribution < 1.29 is 23.2 Å². The van der Waals surface area contributed by atoms with E-state index in [4.69, 9.17) is 4.52 Å². The Balaban J connectivity index is 1.62. The van der Waals surface area contributed by atoms with E-state index in [9.17, 15) is 18.7 Å². The zero-order valence-electron chi connectivity index (χ0n) is 17.7. The molecule has 0 bridgehead atoms. The second-order valence-corrected chi connectivity index (χ2v) is 9.31. The van der Waals surface area contributed by atoms with Crippen molar-refractivity contribution in [3.63, 3.8) is 0 Å². The summed E-state index contributed by atoms with van der Waals surface area (Å²) in [6, 6.07) is 4.68. The average molecular weight is 429 g/mol. The van der Waals surface area contributed by atoms with Crippen LogP contribution in [0.1, 0.15) is 72.9 Å². The lowest BCUT2D eigenvalue weighted by molar-refractivity contribution is 0.0915. The van der Waals surface area contributed by atoms with Gasteiger partial charge in [0.25, 0.3) is 11.6 Å². The summed E-state index contributed by atoms with van der Waals surface area (Å²) < 4.78 is 32.5. The number of nitrogens with one attached hydrogen (secondary N) is 1. The Kier molecular flexibility index (Phi) is 5.51. The van der Waals surface area contributed by atoms with Crippen molar-refractivity contribution in [3.05, 3.63) is 58.4 Å². The zero-order valence-corrected chi connectivity index (χ0v) is 17.7. The van der Waals surface area contributed by atoms with Gasteiger partial charge >= 0.3 is 0 Å². The molecule has 1 saturated carbocycles. The number of fused-ring (bicyclic) bond motifs is 1. The minimum absolute atomic E-state index is 0.0803. The van der Waals surface area contributed by atoms with E-state index in [1.54, 1.807) is 6.07 Å². The maximum absolute atomic E-state index is 13.9. The van der Waals surface area contributed by atoms with Crippen molar-refractivity contribution in [2.24, 2.45) is 5.41 Å². The van der Waals surface area contributed by atoms with Gasteiger partial charge in [0.05, 0.1) is 22.7 Å². The first-order valence-corrected chi connectivity index (χ1v) is 10.3. The molecule has 1 aliphatic rings. The van der Waals surface area contributed by atoms with Crippen LogP contribution in [0.5, 0.6) is 0 Å². The quantitative estimate of drug-likeness (QED) is 0.605. The number of rotatable bonds is 6. The van der Waals surface area contributed by atoms with E-state index in [1.165, 1.54) is 6.07 Å². The highest BCUT2D eigenvalue weighted by Gasteiger charge is 2.30. The van der Waals surface area contributed by atoms with Crippen LogP contribution < -0.4 is 5.32 Å². The number of amides is 1. The van der Waals surface area contributed by atoms with Gasteiger partial charge in [0.2, 0.25) is 0 Å². The molecule has 164 valence electrons. The van der Waals surface area contributed by atoms with Crippen LogP contribution in [0.4, 0.5) is 8.78 Å². The summed E-state index contributed by atoms with van der Waals surface area (Å²) in [6.45, 7) is 5.95. The molecule has 0 saturated heterocycles. The number of aliphatic hydroxyl groups excluding tert-OH is 1. The maximum atomic E-state index is 13.9. The lowest BCUT2D eigenvalue weighted by Gasteiger charge is -2.17. The molecule has 0 aliphatic heterocycles. The van der Waals surface area contributed by atoms with Crippen molar-refractivity contribution in [1.82, 2.24) is 15.5 Å². The number of hydrogen-bond acceptors (Lipinski definition) is 5. The van der Waals surface area contributed by atoms with Crippen molar-refractivity contribution in [2.45, 2.75) is 52.1 Å². The monoisotopic (exact) mass is 429 g/mol. The van der Waals surface area contributed by atoms with Crippen LogP contribution in [0, 0.1) is 17.0 Å². The fourth-order valence-electron chi connectivity index (χ4n) is 3.59. The van der Waals surface area contributed by atoms with Crippen LogP contribution in [0.3, 0.4) is 0 Å². The summed E-state index contributed by atoms with van der Waals surface area (Å²) in [5.74, 6) is -1.74. The normalized spacial score (nSPS) is 15.3. The third-order valence-electron chi connectivity index (χ3n) is 5.25. The Morgan fingerprint density at radius 3 is 2.68 bits per heavy atom. The number of benzene rings is 1. The predicted molar refractivity (Wildman–Crippen MR) is 111 cm³/mol. The smallest absolute Gasteiger partial charge is 0.259 e. The molecule has 2 aromatic heterocycles. The first kappa shape index (κ1) is 21.4. The highest BCUT2D eigenvalue weighted by molar-refractivity contribution is 6.06. The van der Waals surface area contributed by atoms with Gasteiger partial charge in [-0.1, -0.05) is 32.0 Å². The second-order valence-electron chi connectivity index (χ2n) is 9.31. The number of nitrogens with zero attached hydrogens (tertiary/aromatic N) is 2. The van der Waals surface area contributed by atoms with Gasteiger partial charge < -0.3 is 14.9 Å². The summed E-state index contributed by atoms with van der Waals surface area (Å²) in [7, 11) is 0. The molecule has 1 aromatic carbocycles. The van der Waals surface area contributed by atoms with Gasteiger partial charge in [-0.05, 0) is 36.8 Å². The molecule has 31 heavy (non-hydrogen) atoms. The van der Waals surface area contributed by atoms with Crippen molar-refractivity contribution in [3.8, 4) is 0 Å². The SMILES string of the molecule is CC(C)(C)Cc1noc2nc(C3CC3)cc(C(=O)NCC(O)c3ccc(F)cc3F)c12. The summed E-state index contributed by atoms with van der Waals surface area (Å²) in [4.78, 5) is 17.6. The Hall–Kier alpha value is -2.87. The van der Waals surface area contributed by atoms with E-state index in [0.29, 0.717) is 40.8 Å². The van der Waals surface area contributed by atoms with Gasteiger partial charge in [0.1, 0.15) is 11.6 Å². The van der Waals surface area contributed by atoms with Crippen molar-refractivity contribution >= 4 is 17.0 Å². The summed E-state index contributed by atoms with van der Waals surface area (Å²) >= 11 is 0. The van der Waals surface area contributed by atoms with Gasteiger partial charge in [-0.15, -0.1) is 0 Å². The average Bonchev–Trinajstić information content (AvgIpc) is 3.46. The highest BCUT2D eigenvalue weighted by Crippen LogP contribution is 2.41. The standard InChI is InChI=1S/C23H25F2N3O3/c1-23(2,3)10-18-20-15(9-17(12-4-5-12)27-22(20)31-28-18)21(30)26-11-19(29)14-7-6-13(24)8-16(14)25/h6-9,12,19,29H,4-5,10-11H2,1-3H3,(H,26,30). The number of aromatic nitrogens is 2. The zero-order chi connectivity index (χ0) is 22.3. The molecule has 3 aromatic rings. The lowest BCUT2D eigenvalue weighted by atomic mass is 9.89. The number of halogens is 2. The predicted octanol–water partition coefficient (Wildman–Crippen LogP) is 4.43. The van der Waals surface area contributed by atoms with Gasteiger partial charge in [0, 0.05) is 29.8 Å². The molecule has 2 heterocycles. The number of carbonyl (C=O) groups excluding carboxylic acids is 1. The van der Waals surface area contributed by atoms with E-state index in [2.05, 4.69) is 36.2 Å². The van der Waals surface area contributed by atoms with E-state index >= 15 is 0 Å². The van der Waals surface area contributed by atoms with Crippen LogP contribution >= 0.6 is 0 Å². The first-order chi connectivity index (χ1) is 14.6. The Labute approximate surface area is 178 Å². The van der Waals surface area contributed by atoms with Crippen LogP contribution in [0.15, 0.2) is 28.8 Å². The third kappa shape index (κ3) is 4.74. The van der Waals surface area contributed by atoms with E-state index in [1.807, 2.05) is 0 Å². The fourth-order valence-corrected chi connectivity index (χ4v) is 3.59. The Morgan fingerprint density at radius 1 is 1.29 bits per heavy atom. The highest BCUT2D eigenvalue weighted by atomic mass is 19.1. The van der Waals surface area contributed by atoms with Gasteiger partial charge in [-0.3, -0.25) is 4.79 Å². The number of aliphatic hydroxyl groups is 1. The topological polar surface area (TPSA) is 88.2 Å². The molecule has 2 N–H and O–H groups in total. The first-order valence-electron chi connectivity index (χ1n) is 10.3. The maximum Gasteiger partial charge on any atom is 0.259 e. The van der Waals surface area contributed by atoms with Crippen molar-refractivity contribution in [1.29, 1.82) is 0 Å². The van der Waals surface area contributed by atoms with Gasteiger partial charge in [0.15, 0.2) is 0 Å². The summed E-state index contributed by atoms with van der Waals surface area (Å²) in [6.07, 6.45) is 1.28. The molecule has 6 nitrogen and oxygen atoms in total. The summed E-state index contributed by atoms with van der Waals surface area (Å²) in [5, 5.41) is 17.7. The van der Waals surface area contributed by atoms with E-state index < -0.39 is 23.6 Å². The molecule has 8 heteroatoms. The van der Waals surface area contributed by atoms with Gasteiger partial charge in [-0.2, -0.15) is 0 Å². The number of carbonyl (C=O) groups is 1. The second kappa shape index (κ2) is 8.00. The number of pyridine rings is 1. The van der Waals surface area contributed by atoms with Crippen LogP contribution in [0.25, 0.3) is 11.1 Å². The summed E-state index contributed by atoms with van der Waals surface area (Å²) in [5.41, 5.74) is 1.95. The molecule has 1 amide bonds. The molecule has 1 fully saturated rings. The molecular weight excluding hydrogens is 404 g/mol. The minimum Gasteiger partial charge on any atom is -0.386 e. The van der Waals surface area contributed by atoms with E-state index in [0.717, 1.165) is 24.6 Å².